The van der Waals surface area contributed by atoms with Crippen LogP contribution in [0.25, 0.3) is 10.6 Å². The highest BCUT2D eigenvalue weighted by atomic mass is 32.2. The van der Waals surface area contributed by atoms with Crippen LogP contribution in [0.4, 0.5) is 0 Å². The molecule has 0 N–H and O–H groups in total. The predicted octanol–water partition coefficient (Wildman–Crippen LogP) is 4.45. The molecule has 0 aliphatic carbocycles. The molecule has 3 heteroatoms. The summed E-state index contributed by atoms with van der Waals surface area (Å²) >= 11 is 1.84. The Balaban J connectivity index is 2.47. The highest BCUT2D eigenvalue weighted by Gasteiger charge is 2.14. The van der Waals surface area contributed by atoms with Gasteiger partial charge in [0.2, 0.25) is 0 Å². The number of hydrogen-bond acceptors (Lipinski definition) is 2. The fourth-order valence-electron chi connectivity index (χ4n) is 2.04. The molecule has 2 aromatic rings. The summed E-state index contributed by atoms with van der Waals surface area (Å²) in [6.07, 6.45) is 3.22. The SMILES string of the molecule is C=C(SC(C)CC)c1c(C)nc2c(C)cccn12. The summed E-state index contributed by atoms with van der Waals surface area (Å²) in [7, 11) is 0. The monoisotopic (exact) mass is 260 g/mol. The van der Waals surface area contributed by atoms with E-state index in [1.165, 1.54) is 5.56 Å². The molecule has 2 rings (SSSR count). The standard InChI is InChI=1S/C15H20N2S/c1-6-11(3)18-13(5)14-12(4)16-15-10(2)8-7-9-17(14)15/h7-9,11H,5-6H2,1-4H3. The smallest absolute Gasteiger partial charge is 0.140 e. The number of fused-ring (bicyclic) bond motifs is 1. The molecule has 0 aromatic carbocycles. The van der Waals surface area contributed by atoms with Crippen molar-refractivity contribution in [2.45, 2.75) is 39.4 Å². The van der Waals surface area contributed by atoms with Crippen LogP contribution in [0.15, 0.2) is 24.9 Å². The number of rotatable bonds is 4. The Morgan fingerprint density at radius 1 is 1.50 bits per heavy atom. The first-order valence-corrected chi connectivity index (χ1v) is 7.22. The predicted molar refractivity (Wildman–Crippen MR) is 81.0 cm³/mol. The van der Waals surface area contributed by atoms with Crippen molar-refractivity contribution in [3.05, 3.63) is 41.9 Å². The maximum Gasteiger partial charge on any atom is 0.140 e. The van der Waals surface area contributed by atoms with E-state index in [4.69, 9.17) is 0 Å². The van der Waals surface area contributed by atoms with Crippen LogP contribution in [0.3, 0.4) is 0 Å². The highest BCUT2D eigenvalue weighted by Crippen LogP contribution is 2.33. The molecule has 1 atom stereocenters. The first kappa shape index (κ1) is 13.2. The van der Waals surface area contributed by atoms with Gasteiger partial charge >= 0.3 is 0 Å². The number of aromatic nitrogens is 2. The second-order valence-electron chi connectivity index (χ2n) is 4.69. The molecule has 0 radical (unpaired) electrons. The molecule has 0 saturated carbocycles. The van der Waals surface area contributed by atoms with Crippen molar-refractivity contribution >= 4 is 22.3 Å². The zero-order chi connectivity index (χ0) is 13.3. The number of hydrogen-bond donors (Lipinski definition) is 0. The Hall–Kier alpha value is -1.22. The molecule has 0 spiro atoms. The van der Waals surface area contributed by atoms with E-state index < -0.39 is 0 Å². The summed E-state index contributed by atoms with van der Waals surface area (Å²) in [5, 5.41) is 0.590. The molecule has 0 amide bonds. The van der Waals surface area contributed by atoms with Gasteiger partial charge in [0.1, 0.15) is 5.65 Å². The van der Waals surface area contributed by atoms with Gasteiger partial charge in [0.25, 0.3) is 0 Å². The highest BCUT2D eigenvalue weighted by molar-refractivity contribution is 8.08. The van der Waals surface area contributed by atoms with Crippen molar-refractivity contribution in [2.24, 2.45) is 0 Å². The molecule has 2 heterocycles. The molecule has 18 heavy (non-hydrogen) atoms. The molecule has 0 fully saturated rings. The van der Waals surface area contributed by atoms with Crippen LogP contribution in [0, 0.1) is 13.8 Å². The van der Waals surface area contributed by atoms with E-state index in [0.29, 0.717) is 5.25 Å². The molecule has 0 bridgehead atoms. The van der Waals surface area contributed by atoms with Crippen molar-refractivity contribution in [1.29, 1.82) is 0 Å². The largest absolute Gasteiger partial charge is 0.299 e. The van der Waals surface area contributed by atoms with E-state index in [0.717, 1.165) is 28.4 Å². The van der Waals surface area contributed by atoms with E-state index in [1.807, 2.05) is 11.8 Å². The minimum absolute atomic E-state index is 0.590. The van der Waals surface area contributed by atoms with Crippen molar-refractivity contribution in [3.63, 3.8) is 0 Å². The summed E-state index contributed by atoms with van der Waals surface area (Å²) in [6, 6.07) is 4.16. The van der Waals surface area contributed by atoms with Crippen LogP contribution >= 0.6 is 11.8 Å². The molecule has 0 aliphatic heterocycles. The molecular formula is C15H20N2S. The Morgan fingerprint density at radius 3 is 2.89 bits per heavy atom. The fraction of sp³-hybridized carbons (Fsp3) is 0.400. The topological polar surface area (TPSA) is 17.3 Å². The average Bonchev–Trinajstić information content (AvgIpc) is 2.67. The minimum Gasteiger partial charge on any atom is -0.299 e. The third kappa shape index (κ3) is 2.32. The Morgan fingerprint density at radius 2 is 2.22 bits per heavy atom. The van der Waals surface area contributed by atoms with E-state index >= 15 is 0 Å². The Bertz CT molecular complexity index is 583. The lowest BCUT2D eigenvalue weighted by Crippen LogP contribution is -1.97. The van der Waals surface area contributed by atoms with Crippen LogP contribution in [-0.4, -0.2) is 14.6 Å². The van der Waals surface area contributed by atoms with Gasteiger partial charge in [0.15, 0.2) is 0 Å². The number of imidazole rings is 1. The molecule has 0 aliphatic rings. The van der Waals surface area contributed by atoms with Gasteiger partial charge in [-0.05, 0) is 31.9 Å². The van der Waals surface area contributed by atoms with Gasteiger partial charge in [-0.2, -0.15) is 0 Å². The lowest BCUT2D eigenvalue weighted by atomic mass is 10.3. The van der Waals surface area contributed by atoms with Gasteiger partial charge in [0.05, 0.1) is 11.4 Å². The third-order valence-corrected chi connectivity index (χ3v) is 4.42. The summed E-state index contributed by atoms with van der Waals surface area (Å²) in [5.41, 5.74) is 4.45. The zero-order valence-electron chi connectivity index (χ0n) is 11.5. The van der Waals surface area contributed by atoms with Crippen molar-refractivity contribution in [3.8, 4) is 0 Å². The van der Waals surface area contributed by atoms with Crippen molar-refractivity contribution in [2.75, 3.05) is 0 Å². The van der Waals surface area contributed by atoms with Gasteiger partial charge in [-0.3, -0.25) is 4.40 Å². The van der Waals surface area contributed by atoms with Gasteiger partial charge in [-0.1, -0.05) is 26.5 Å². The lowest BCUT2D eigenvalue weighted by Gasteiger charge is -2.11. The first-order valence-electron chi connectivity index (χ1n) is 6.34. The zero-order valence-corrected chi connectivity index (χ0v) is 12.3. The number of thioether (sulfide) groups is 1. The van der Waals surface area contributed by atoms with E-state index in [1.54, 1.807) is 0 Å². The first-order chi connectivity index (χ1) is 8.54. The van der Waals surface area contributed by atoms with Crippen LogP contribution in [0.5, 0.6) is 0 Å². The molecule has 0 saturated heterocycles. The summed E-state index contributed by atoms with van der Waals surface area (Å²) in [5.74, 6) is 0. The fourth-order valence-corrected chi connectivity index (χ4v) is 3.05. The second kappa shape index (κ2) is 5.19. The maximum atomic E-state index is 4.66. The quantitative estimate of drug-likeness (QED) is 0.807. The Kier molecular flexibility index (Phi) is 3.81. The van der Waals surface area contributed by atoms with Crippen LogP contribution in [0.2, 0.25) is 0 Å². The summed E-state index contributed by atoms with van der Waals surface area (Å²) < 4.78 is 2.16. The number of pyridine rings is 1. The lowest BCUT2D eigenvalue weighted by molar-refractivity contribution is 0.910. The van der Waals surface area contributed by atoms with E-state index in [2.05, 4.69) is 62.0 Å². The minimum atomic E-state index is 0.590. The average molecular weight is 260 g/mol. The van der Waals surface area contributed by atoms with Gasteiger partial charge in [-0.25, -0.2) is 4.98 Å². The maximum absolute atomic E-state index is 4.66. The Labute approximate surface area is 113 Å². The van der Waals surface area contributed by atoms with Crippen molar-refractivity contribution < 1.29 is 0 Å². The van der Waals surface area contributed by atoms with E-state index in [9.17, 15) is 0 Å². The van der Waals surface area contributed by atoms with Gasteiger partial charge in [-0.15, -0.1) is 11.8 Å². The summed E-state index contributed by atoms with van der Waals surface area (Å²) in [6.45, 7) is 12.8. The van der Waals surface area contributed by atoms with Crippen molar-refractivity contribution in [1.82, 2.24) is 9.38 Å². The molecule has 2 aromatic heterocycles. The molecule has 96 valence electrons. The van der Waals surface area contributed by atoms with Gasteiger partial charge < -0.3 is 0 Å². The number of aryl methyl sites for hydroxylation is 2. The number of nitrogens with zero attached hydrogens (tertiary/aromatic N) is 2. The molecular weight excluding hydrogens is 240 g/mol. The van der Waals surface area contributed by atoms with E-state index in [-0.39, 0.29) is 0 Å². The van der Waals surface area contributed by atoms with Crippen LogP contribution in [0.1, 0.15) is 37.2 Å². The third-order valence-electron chi connectivity index (χ3n) is 3.20. The normalized spacial score (nSPS) is 12.9. The molecule has 2 nitrogen and oxygen atoms in total. The summed E-state index contributed by atoms with van der Waals surface area (Å²) in [4.78, 5) is 5.77. The van der Waals surface area contributed by atoms with Crippen LogP contribution < -0.4 is 0 Å². The van der Waals surface area contributed by atoms with Gasteiger partial charge in [0, 0.05) is 16.4 Å². The second-order valence-corrected chi connectivity index (χ2v) is 6.22. The molecule has 1 unspecified atom stereocenters. The van der Waals surface area contributed by atoms with Crippen LogP contribution in [-0.2, 0) is 0 Å².